The summed E-state index contributed by atoms with van der Waals surface area (Å²) in [6, 6.07) is 1.79. The second-order valence-electron chi connectivity index (χ2n) is 2.36. The van der Waals surface area contributed by atoms with Crippen molar-refractivity contribution in [1.82, 2.24) is 4.98 Å². The Kier molecular flexibility index (Phi) is 1.75. The molecule has 1 unspecified atom stereocenters. The second-order valence-corrected chi connectivity index (χ2v) is 3.13. The van der Waals surface area contributed by atoms with Crippen LogP contribution in [0.3, 0.4) is 0 Å². The van der Waals surface area contributed by atoms with E-state index in [1.165, 1.54) is 0 Å². The summed E-state index contributed by atoms with van der Waals surface area (Å²) in [5, 5.41) is 0.829. The second kappa shape index (κ2) is 2.63. The molecule has 0 saturated carbocycles. The van der Waals surface area contributed by atoms with E-state index >= 15 is 0 Å². The van der Waals surface area contributed by atoms with Gasteiger partial charge in [-0.05, 0) is 6.07 Å². The van der Waals surface area contributed by atoms with Crippen molar-refractivity contribution in [2.45, 2.75) is 6.10 Å². The Balaban J connectivity index is 2.36. The van der Waals surface area contributed by atoms with E-state index < -0.39 is 0 Å². The monoisotopic (exact) mass is 189 g/mol. The number of hydrogen-bond acceptors (Lipinski definition) is 2. The van der Waals surface area contributed by atoms with Gasteiger partial charge in [0.2, 0.25) is 0 Å². The van der Waals surface area contributed by atoms with Crippen LogP contribution in [-0.4, -0.2) is 11.6 Å². The molecule has 1 aliphatic heterocycles. The van der Waals surface area contributed by atoms with Crippen molar-refractivity contribution in [3.05, 3.63) is 28.0 Å². The van der Waals surface area contributed by atoms with E-state index in [1.54, 1.807) is 12.3 Å². The van der Waals surface area contributed by atoms with Gasteiger partial charge in [-0.25, -0.2) is 4.98 Å². The predicted molar refractivity (Wildman–Crippen MR) is 43.0 cm³/mol. The number of hydrogen-bond donors (Lipinski definition) is 0. The summed E-state index contributed by atoms with van der Waals surface area (Å²) in [6.07, 6.45) is 1.88. The third-order valence-corrected chi connectivity index (χ3v) is 2.21. The highest BCUT2D eigenvalue weighted by Crippen LogP contribution is 2.32. The van der Waals surface area contributed by atoms with Gasteiger partial charge in [-0.1, -0.05) is 23.2 Å². The summed E-state index contributed by atoms with van der Waals surface area (Å²) < 4.78 is 5.05. The van der Waals surface area contributed by atoms with E-state index in [4.69, 9.17) is 27.9 Å². The van der Waals surface area contributed by atoms with E-state index in [1.807, 2.05) is 0 Å². The molecule has 0 aliphatic carbocycles. The summed E-state index contributed by atoms with van der Waals surface area (Å²) in [7, 11) is 0. The molecule has 2 heterocycles. The van der Waals surface area contributed by atoms with Gasteiger partial charge in [0.05, 0.1) is 11.6 Å². The summed E-state index contributed by atoms with van der Waals surface area (Å²) in [6.45, 7) is 0.764. The van der Waals surface area contributed by atoms with Gasteiger partial charge in [0.1, 0.15) is 11.3 Å². The average molecular weight is 190 g/mol. The molecular weight excluding hydrogens is 185 g/mol. The van der Waals surface area contributed by atoms with Gasteiger partial charge in [0, 0.05) is 11.8 Å². The topological polar surface area (TPSA) is 25.4 Å². The predicted octanol–water partition coefficient (Wildman–Crippen LogP) is 2.46. The van der Waals surface area contributed by atoms with Crippen molar-refractivity contribution in [3.63, 3.8) is 0 Å². The van der Waals surface area contributed by atoms with Gasteiger partial charge in [0.15, 0.2) is 0 Å². The fourth-order valence-electron chi connectivity index (χ4n) is 0.853. The van der Waals surface area contributed by atoms with Crippen LogP contribution in [0.15, 0.2) is 12.3 Å². The van der Waals surface area contributed by atoms with Crippen LogP contribution in [0.5, 0.6) is 0 Å². The molecule has 1 aliphatic rings. The zero-order valence-corrected chi connectivity index (χ0v) is 7.06. The Morgan fingerprint density at radius 2 is 2.27 bits per heavy atom. The lowest BCUT2D eigenvalue weighted by atomic mass is 10.2. The summed E-state index contributed by atoms with van der Waals surface area (Å²) in [4.78, 5) is 3.89. The van der Waals surface area contributed by atoms with Crippen molar-refractivity contribution in [2.24, 2.45) is 0 Å². The Labute approximate surface area is 74.1 Å². The van der Waals surface area contributed by atoms with Crippen LogP contribution in [0.25, 0.3) is 0 Å². The van der Waals surface area contributed by atoms with Crippen LogP contribution in [0.1, 0.15) is 11.7 Å². The smallest absolute Gasteiger partial charge is 0.147 e. The minimum Gasteiger partial charge on any atom is -0.368 e. The molecule has 0 spiro atoms. The van der Waals surface area contributed by atoms with Gasteiger partial charge in [0.25, 0.3) is 0 Å². The third-order valence-electron chi connectivity index (χ3n) is 1.52. The van der Waals surface area contributed by atoms with Gasteiger partial charge in [-0.3, -0.25) is 0 Å². The van der Waals surface area contributed by atoms with Crippen LogP contribution >= 0.6 is 23.2 Å². The summed E-state index contributed by atoms with van der Waals surface area (Å²) in [5.74, 6) is 0. The SMILES string of the molecule is Clc1cc(C2CO2)cnc1Cl. The lowest BCUT2D eigenvalue weighted by Crippen LogP contribution is -1.83. The fourth-order valence-corrected chi connectivity index (χ4v) is 1.13. The highest BCUT2D eigenvalue weighted by atomic mass is 35.5. The van der Waals surface area contributed by atoms with Crippen molar-refractivity contribution in [1.29, 1.82) is 0 Å². The largest absolute Gasteiger partial charge is 0.368 e. The number of aromatic nitrogens is 1. The van der Waals surface area contributed by atoms with Gasteiger partial charge in [-0.15, -0.1) is 0 Å². The minimum atomic E-state index is 0.192. The van der Waals surface area contributed by atoms with Crippen molar-refractivity contribution in [3.8, 4) is 0 Å². The standard InChI is InChI=1S/C7H5Cl2NO/c8-5-1-4(6-3-11-6)2-10-7(5)9/h1-2,6H,3H2. The Bertz CT molecular complexity index is 286. The Morgan fingerprint density at radius 1 is 1.55 bits per heavy atom. The Hall–Kier alpha value is -0.310. The van der Waals surface area contributed by atoms with E-state index in [9.17, 15) is 0 Å². The first-order chi connectivity index (χ1) is 5.27. The lowest BCUT2D eigenvalue weighted by Gasteiger charge is -1.96. The first-order valence-electron chi connectivity index (χ1n) is 3.20. The fraction of sp³-hybridized carbons (Fsp3) is 0.286. The molecule has 1 aromatic rings. The summed E-state index contributed by atoms with van der Waals surface area (Å²) in [5.41, 5.74) is 0.999. The summed E-state index contributed by atoms with van der Waals surface area (Å²) >= 11 is 11.4. The van der Waals surface area contributed by atoms with Crippen LogP contribution in [-0.2, 0) is 4.74 Å². The number of rotatable bonds is 1. The molecule has 0 aromatic carbocycles. The number of ether oxygens (including phenoxy) is 1. The van der Waals surface area contributed by atoms with Gasteiger partial charge >= 0.3 is 0 Å². The number of halogens is 2. The molecule has 1 saturated heterocycles. The van der Waals surface area contributed by atoms with E-state index in [0.29, 0.717) is 10.2 Å². The molecule has 0 N–H and O–H groups in total. The zero-order valence-electron chi connectivity index (χ0n) is 5.55. The van der Waals surface area contributed by atoms with E-state index in [2.05, 4.69) is 4.98 Å². The molecule has 2 rings (SSSR count). The third kappa shape index (κ3) is 1.48. The molecule has 0 amide bonds. The van der Waals surface area contributed by atoms with E-state index in [0.717, 1.165) is 12.2 Å². The molecule has 1 fully saturated rings. The molecular formula is C7H5Cl2NO. The lowest BCUT2D eigenvalue weighted by molar-refractivity contribution is 0.415. The first-order valence-corrected chi connectivity index (χ1v) is 3.95. The first kappa shape index (κ1) is 7.35. The van der Waals surface area contributed by atoms with E-state index in [-0.39, 0.29) is 6.10 Å². The van der Waals surface area contributed by atoms with Crippen LogP contribution in [0.2, 0.25) is 10.2 Å². The van der Waals surface area contributed by atoms with Gasteiger partial charge in [-0.2, -0.15) is 0 Å². The van der Waals surface area contributed by atoms with Crippen LogP contribution < -0.4 is 0 Å². The number of pyridine rings is 1. The molecule has 11 heavy (non-hydrogen) atoms. The minimum absolute atomic E-state index is 0.192. The van der Waals surface area contributed by atoms with Gasteiger partial charge < -0.3 is 4.74 Å². The van der Waals surface area contributed by atoms with Crippen LogP contribution in [0.4, 0.5) is 0 Å². The number of nitrogens with zero attached hydrogens (tertiary/aromatic N) is 1. The molecule has 58 valence electrons. The normalized spacial score (nSPS) is 21.8. The maximum Gasteiger partial charge on any atom is 0.147 e. The van der Waals surface area contributed by atoms with Crippen molar-refractivity contribution >= 4 is 23.2 Å². The van der Waals surface area contributed by atoms with Crippen LogP contribution in [0, 0.1) is 0 Å². The molecule has 4 heteroatoms. The molecule has 0 radical (unpaired) electrons. The highest BCUT2D eigenvalue weighted by molar-refractivity contribution is 6.41. The zero-order chi connectivity index (χ0) is 7.84. The quantitative estimate of drug-likeness (QED) is 0.502. The molecule has 1 aromatic heterocycles. The number of epoxide rings is 1. The molecule has 2 nitrogen and oxygen atoms in total. The average Bonchev–Trinajstić information content (AvgIpc) is 2.77. The Morgan fingerprint density at radius 3 is 2.82 bits per heavy atom. The maximum absolute atomic E-state index is 5.74. The molecule has 0 bridgehead atoms. The highest BCUT2D eigenvalue weighted by Gasteiger charge is 2.25. The van der Waals surface area contributed by atoms with Crippen molar-refractivity contribution in [2.75, 3.05) is 6.61 Å². The molecule has 1 atom stereocenters. The van der Waals surface area contributed by atoms with Crippen molar-refractivity contribution < 1.29 is 4.74 Å². The maximum atomic E-state index is 5.74.